The standard InChI is InChI=1S/C18H25NS/c1-4-13-19-17(18-12-9-15(3)20-18)11-10-16-8-6-5-7-14(16)2/h5-9,12,17,19H,4,10-11,13H2,1-3H3. The van der Waals surface area contributed by atoms with Gasteiger partial charge in [0.05, 0.1) is 0 Å². The van der Waals surface area contributed by atoms with E-state index in [1.54, 1.807) is 0 Å². The monoisotopic (exact) mass is 287 g/mol. The van der Waals surface area contributed by atoms with Crippen molar-refractivity contribution in [2.75, 3.05) is 6.54 Å². The summed E-state index contributed by atoms with van der Waals surface area (Å²) in [4.78, 5) is 2.88. The van der Waals surface area contributed by atoms with Crippen LogP contribution >= 0.6 is 11.3 Å². The first-order valence-electron chi connectivity index (χ1n) is 7.55. The molecule has 1 atom stereocenters. The molecule has 0 saturated heterocycles. The molecule has 1 N–H and O–H groups in total. The maximum absolute atomic E-state index is 3.70. The van der Waals surface area contributed by atoms with Crippen molar-refractivity contribution >= 4 is 11.3 Å². The Kier molecular flexibility index (Phi) is 5.81. The van der Waals surface area contributed by atoms with Gasteiger partial charge in [-0.05, 0) is 62.9 Å². The minimum absolute atomic E-state index is 0.494. The van der Waals surface area contributed by atoms with E-state index in [4.69, 9.17) is 0 Å². The van der Waals surface area contributed by atoms with E-state index >= 15 is 0 Å². The van der Waals surface area contributed by atoms with Gasteiger partial charge in [0.2, 0.25) is 0 Å². The summed E-state index contributed by atoms with van der Waals surface area (Å²) in [6.45, 7) is 7.71. The molecule has 1 aromatic carbocycles. The van der Waals surface area contributed by atoms with E-state index in [9.17, 15) is 0 Å². The molecule has 0 spiro atoms. The van der Waals surface area contributed by atoms with Crippen LogP contribution in [0.25, 0.3) is 0 Å². The average molecular weight is 287 g/mol. The molecule has 1 aromatic heterocycles. The third kappa shape index (κ3) is 4.19. The van der Waals surface area contributed by atoms with Gasteiger partial charge in [-0.3, -0.25) is 0 Å². The number of thiophene rings is 1. The van der Waals surface area contributed by atoms with Crippen molar-refractivity contribution in [1.82, 2.24) is 5.32 Å². The largest absolute Gasteiger partial charge is 0.309 e. The second kappa shape index (κ2) is 7.61. The predicted molar refractivity (Wildman–Crippen MR) is 89.6 cm³/mol. The summed E-state index contributed by atoms with van der Waals surface area (Å²) in [7, 11) is 0. The van der Waals surface area contributed by atoms with Gasteiger partial charge in [0.1, 0.15) is 0 Å². The molecule has 2 heteroatoms. The van der Waals surface area contributed by atoms with Crippen LogP contribution in [-0.2, 0) is 6.42 Å². The molecule has 0 fully saturated rings. The lowest BCUT2D eigenvalue weighted by Crippen LogP contribution is -2.22. The van der Waals surface area contributed by atoms with Crippen LogP contribution in [0.4, 0.5) is 0 Å². The van der Waals surface area contributed by atoms with Gasteiger partial charge in [-0.1, -0.05) is 31.2 Å². The summed E-state index contributed by atoms with van der Waals surface area (Å²) < 4.78 is 0. The quantitative estimate of drug-likeness (QED) is 0.752. The third-order valence-electron chi connectivity index (χ3n) is 3.71. The second-order valence-electron chi connectivity index (χ2n) is 5.42. The summed E-state index contributed by atoms with van der Waals surface area (Å²) in [5.41, 5.74) is 2.88. The molecule has 108 valence electrons. The van der Waals surface area contributed by atoms with E-state index in [0.29, 0.717) is 6.04 Å². The Balaban J connectivity index is 2.03. The van der Waals surface area contributed by atoms with Gasteiger partial charge in [0.15, 0.2) is 0 Å². The molecule has 0 saturated carbocycles. The lowest BCUT2D eigenvalue weighted by atomic mass is 10.0. The normalized spacial score (nSPS) is 12.6. The fourth-order valence-electron chi connectivity index (χ4n) is 2.49. The molecule has 0 aliphatic heterocycles. The van der Waals surface area contributed by atoms with Gasteiger partial charge in [-0.15, -0.1) is 11.3 Å². The minimum atomic E-state index is 0.494. The molecule has 0 amide bonds. The summed E-state index contributed by atoms with van der Waals surface area (Å²) in [5, 5.41) is 3.70. The van der Waals surface area contributed by atoms with E-state index < -0.39 is 0 Å². The van der Waals surface area contributed by atoms with E-state index in [1.807, 2.05) is 11.3 Å². The molecule has 0 aliphatic carbocycles. The van der Waals surface area contributed by atoms with Gasteiger partial charge in [0.25, 0.3) is 0 Å². The van der Waals surface area contributed by atoms with Crippen molar-refractivity contribution in [2.24, 2.45) is 0 Å². The van der Waals surface area contributed by atoms with Crippen molar-refractivity contribution in [1.29, 1.82) is 0 Å². The lowest BCUT2D eigenvalue weighted by molar-refractivity contribution is 0.506. The Morgan fingerprint density at radius 3 is 2.55 bits per heavy atom. The van der Waals surface area contributed by atoms with E-state index in [1.165, 1.54) is 33.7 Å². The van der Waals surface area contributed by atoms with Crippen LogP contribution in [0.2, 0.25) is 0 Å². The van der Waals surface area contributed by atoms with Crippen LogP contribution in [0.5, 0.6) is 0 Å². The Labute approximate surface area is 127 Å². The highest BCUT2D eigenvalue weighted by molar-refractivity contribution is 7.12. The molecular formula is C18H25NS. The second-order valence-corrected chi connectivity index (χ2v) is 6.74. The zero-order chi connectivity index (χ0) is 14.4. The van der Waals surface area contributed by atoms with Crippen molar-refractivity contribution in [3.63, 3.8) is 0 Å². The number of benzene rings is 1. The molecule has 1 heterocycles. The minimum Gasteiger partial charge on any atom is -0.309 e. The average Bonchev–Trinajstić information content (AvgIpc) is 2.87. The molecule has 0 aliphatic rings. The number of aryl methyl sites for hydroxylation is 3. The number of nitrogens with one attached hydrogen (secondary N) is 1. The van der Waals surface area contributed by atoms with Crippen molar-refractivity contribution < 1.29 is 0 Å². The summed E-state index contributed by atoms with van der Waals surface area (Å²) in [6, 6.07) is 13.7. The van der Waals surface area contributed by atoms with Crippen LogP contribution in [-0.4, -0.2) is 6.54 Å². The first-order chi connectivity index (χ1) is 9.70. The smallest absolute Gasteiger partial charge is 0.0418 e. The predicted octanol–water partition coefficient (Wildman–Crippen LogP) is 5.04. The third-order valence-corrected chi connectivity index (χ3v) is 4.82. The van der Waals surface area contributed by atoms with E-state index in [0.717, 1.165) is 13.0 Å². The fraction of sp³-hybridized carbons (Fsp3) is 0.444. The molecule has 20 heavy (non-hydrogen) atoms. The Morgan fingerprint density at radius 1 is 1.10 bits per heavy atom. The Hall–Kier alpha value is -1.12. The Morgan fingerprint density at radius 2 is 1.90 bits per heavy atom. The molecule has 2 aromatic rings. The van der Waals surface area contributed by atoms with E-state index in [2.05, 4.69) is 62.5 Å². The SMILES string of the molecule is CCCNC(CCc1ccccc1C)c1ccc(C)s1. The maximum atomic E-state index is 3.70. The molecule has 0 radical (unpaired) electrons. The first-order valence-corrected chi connectivity index (χ1v) is 8.36. The number of hydrogen-bond acceptors (Lipinski definition) is 2. The van der Waals surface area contributed by atoms with Crippen molar-refractivity contribution in [2.45, 2.75) is 46.1 Å². The van der Waals surface area contributed by atoms with Gasteiger partial charge in [-0.2, -0.15) is 0 Å². The van der Waals surface area contributed by atoms with Gasteiger partial charge >= 0.3 is 0 Å². The highest BCUT2D eigenvalue weighted by Gasteiger charge is 2.13. The molecule has 1 nitrogen and oxygen atoms in total. The van der Waals surface area contributed by atoms with Crippen molar-refractivity contribution in [3.05, 3.63) is 57.3 Å². The fourth-order valence-corrected chi connectivity index (χ4v) is 3.48. The van der Waals surface area contributed by atoms with Crippen LogP contribution in [0.1, 0.15) is 46.7 Å². The highest BCUT2D eigenvalue weighted by Crippen LogP contribution is 2.26. The van der Waals surface area contributed by atoms with Crippen LogP contribution in [0.15, 0.2) is 36.4 Å². The summed E-state index contributed by atoms with van der Waals surface area (Å²) in [6.07, 6.45) is 3.50. The van der Waals surface area contributed by atoms with Crippen LogP contribution in [0.3, 0.4) is 0 Å². The molecular weight excluding hydrogens is 262 g/mol. The topological polar surface area (TPSA) is 12.0 Å². The number of rotatable bonds is 7. The Bertz CT molecular complexity index is 530. The highest BCUT2D eigenvalue weighted by atomic mass is 32.1. The number of hydrogen-bond donors (Lipinski definition) is 1. The summed E-state index contributed by atoms with van der Waals surface area (Å²) >= 11 is 1.92. The molecule has 2 rings (SSSR count). The van der Waals surface area contributed by atoms with E-state index in [-0.39, 0.29) is 0 Å². The van der Waals surface area contributed by atoms with Crippen LogP contribution in [0, 0.1) is 13.8 Å². The lowest BCUT2D eigenvalue weighted by Gasteiger charge is -2.18. The zero-order valence-corrected chi connectivity index (χ0v) is 13.6. The summed E-state index contributed by atoms with van der Waals surface area (Å²) in [5.74, 6) is 0. The molecule has 0 bridgehead atoms. The van der Waals surface area contributed by atoms with Gasteiger partial charge in [0, 0.05) is 15.8 Å². The zero-order valence-electron chi connectivity index (χ0n) is 12.8. The van der Waals surface area contributed by atoms with Gasteiger partial charge < -0.3 is 5.32 Å². The van der Waals surface area contributed by atoms with Crippen LogP contribution < -0.4 is 5.32 Å². The molecule has 1 unspecified atom stereocenters. The van der Waals surface area contributed by atoms with Crippen molar-refractivity contribution in [3.8, 4) is 0 Å². The first kappa shape index (κ1) is 15.3. The maximum Gasteiger partial charge on any atom is 0.0418 e. The van der Waals surface area contributed by atoms with Gasteiger partial charge in [-0.25, -0.2) is 0 Å².